The summed E-state index contributed by atoms with van der Waals surface area (Å²) < 4.78 is 2.19. The van der Waals surface area contributed by atoms with Crippen molar-refractivity contribution < 1.29 is 4.79 Å². The lowest BCUT2D eigenvalue weighted by Crippen LogP contribution is -2.42. The Bertz CT molecular complexity index is 718. The van der Waals surface area contributed by atoms with Crippen molar-refractivity contribution in [3.63, 3.8) is 0 Å². The number of halogens is 1. The molecule has 6 heteroatoms. The minimum Gasteiger partial charge on any atom is -0.342 e. The quantitative estimate of drug-likeness (QED) is 0.763. The standard InChI is InChI=1S/C19H24ClN3OS/c1-15-21-8-10-22(15)11-16-5-4-9-23(12-16)19(24)14-25-13-17-6-2-3-7-18(17)20/h2-3,6-8,10,16H,4-5,9,11-14H2,1H3/t16-/m0/s1. The number of thioether (sulfide) groups is 1. The number of piperidine rings is 1. The SMILES string of the molecule is Cc1nccn1C[C@@H]1CCCN(C(=O)CSCc2ccccc2Cl)C1. The molecule has 1 fully saturated rings. The summed E-state index contributed by atoms with van der Waals surface area (Å²) in [5.41, 5.74) is 1.09. The lowest BCUT2D eigenvalue weighted by molar-refractivity contribution is -0.130. The van der Waals surface area contributed by atoms with Crippen LogP contribution in [0.25, 0.3) is 0 Å². The van der Waals surface area contributed by atoms with Crippen LogP contribution in [-0.2, 0) is 17.1 Å². The topological polar surface area (TPSA) is 38.1 Å². The van der Waals surface area contributed by atoms with Crippen molar-refractivity contribution in [1.29, 1.82) is 0 Å². The highest BCUT2D eigenvalue weighted by Gasteiger charge is 2.24. The Morgan fingerprint density at radius 3 is 3.00 bits per heavy atom. The maximum atomic E-state index is 12.5. The van der Waals surface area contributed by atoms with Gasteiger partial charge < -0.3 is 9.47 Å². The first-order chi connectivity index (χ1) is 12.1. The minimum absolute atomic E-state index is 0.240. The van der Waals surface area contributed by atoms with E-state index in [9.17, 15) is 4.79 Å². The third-order valence-corrected chi connectivity index (χ3v) is 6.03. The molecule has 4 nitrogen and oxygen atoms in total. The number of likely N-dealkylation sites (tertiary alicyclic amines) is 1. The van der Waals surface area contributed by atoms with E-state index in [2.05, 4.69) is 9.55 Å². The number of amides is 1. The molecule has 1 aromatic heterocycles. The lowest BCUT2D eigenvalue weighted by Gasteiger charge is -2.33. The molecule has 0 unspecified atom stereocenters. The zero-order valence-corrected chi connectivity index (χ0v) is 16.1. The number of benzene rings is 1. The van der Waals surface area contributed by atoms with Gasteiger partial charge in [-0.25, -0.2) is 4.98 Å². The lowest BCUT2D eigenvalue weighted by atomic mass is 9.98. The maximum Gasteiger partial charge on any atom is 0.232 e. The third-order valence-electron chi connectivity index (χ3n) is 4.69. The van der Waals surface area contributed by atoms with Crippen LogP contribution in [0.3, 0.4) is 0 Å². The molecule has 0 aliphatic carbocycles. The van der Waals surface area contributed by atoms with Crippen LogP contribution in [-0.4, -0.2) is 39.2 Å². The summed E-state index contributed by atoms with van der Waals surface area (Å²) in [6.07, 6.45) is 6.12. The average molecular weight is 378 g/mol. The molecule has 1 aromatic carbocycles. The van der Waals surface area contributed by atoms with Crippen LogP contribution >= 0.6 is 23.4 Å². The van der Waals surface area contributed by atoms with Crippen molar-refractivity contribution in [3.8, 4) is 0 Å². The summed E-state index contributed by atoms with van der Waals surface area (Å²) in [7, 11) is 0. The van der Waals surface area contributed by atoms with Gasteiger partial charge in [-0.2, -0.15) is 0 Å². The Balaban J connectivity index is 1.47. The first-order valence-corrected chi connectivity index (χ1v) is 10.2. The summed E-state index contributed by atoms with van der Waals surface area (Å²) in [4.78, 5) is 18.8. The van der Waals surface area contributed by atoms with Gasteiger partial charge in [-0.15, -0.1) is 11.8 Å². The monoisotopic (exact) mass is 377 g/mol. The van der Waals surface area contributed by atoms with Crippen molar-refractivity contribution in [1.82, 2.24) is 14.5 Å². The van der Waals surface area contributed by atoms with E-state index < -0.39 is 0 Å². The highest BCUT2D eigenvalue weighted by molar-refractivity contribution is 7.99. The Labute approximate surface area is 158 Å². The first-order valence-electron chi connectivity index (χ1n) is 8.70. The number of aryl methyl sites for hydroxylation is 1. The summed E-state index contributed by atoms with van der Waals surface area (Å²) in [6, 6.07) is 7.82. The molecule has 1 aliphatic rings. The second kappa shape index (κ2) is 8.77. The van der Waals surface area contributed by atoms with E-state index in [1.165, 1.54) is 6.42 Å². The Morgan fingerprint density at radius 2 is 2.24 bits per heavy atom. The molecular formula is C19H24ClN3OS. The molecule has 134 valence electrons. The van der Waals surface area contributed by atoms with Crippen LogP contribution in [0.5, 0.6) is 0 Å². The zero-order chi connectivity index (χ0) is 17.6. The molecule has 0 spiro atoms. The highest BCUT2D eigenvalue weighted by Crippen LogP contribution is 2.23. The molecule has 25 heavy (non-hydrogen) atoms. The van der Waals surface area contributed by atoms with Crippen molar-refractivity contribution in [3.05, 3.63) is 53.1 Å². The van der Waals surface area contributed by atoms with E-state index in [0.717, 1.165) is 48.2 Å². The molecule has 2 heterocycles. The predicted octanol–water partition coefficient (Wildman–Crippen LogP) is 4.02. The fraction of sp³-hybridized carbons (Fsp3) is 0.474. The zero-order valence-electron chi connectivity index (χ0n) is 14.5. The summed E-state index contributed by atoms with van der Waals surface area (Å²) in [5.74, 6) is 3.08. The highest BCUT2D eigenvalue weighted by atomic mass is 35.5. The Hall–Kier alpha value is -1.46. The second-order valence-corrected chi connectivity index (χ2v) is 7.95. The molecule has 0 N–H and O–H groups in total. The number of carbonyl (C=O) groups excluding carboxylic acids is 1. The van der Waals surface area contributed by atoms with Crippen LogP contribution in [0.2, 0.25) is 5.02 Å². The van der Waals surface area contributed by atoms with Crippen molar-refractivity contribution in [2.75, 3.05) is 18.8 Å². The molecular weight excluding hydrogens is 354 g/mol. The number of rotatable bonds is 6. The predicted molar refractivity (Wildman–Crippen MR) is 104 cm³/mol. The van der Waals surface area contributed by atoms with Gasteiger partial charge in [-0.1, -0.05) is 29.8 Å². The van der Waals surface area contributed by atoms with E-state index in [-0.39, 0.29) is 5.91 Å². The molecule has 1 aliphatic heterocycles. The van der Waals surface area contributed by atoms with E-state index in [4.69, 9.17) is 11.6 Å². The van der Waals surface area contributed by atoms with Crippen LogP contribution in [0.4, 0.5) is 0 Å². The molecule has 1 amide bonds. The number of imidazole rings is 1. The first kappa shape index (κ1) is 18.3. The molecule has 0 saturated carbocycles. The largest absolute Gasteiger partial charge is 0.342 e. The molecule has 1 atom stereocenters. The van der Waals surface area contributed by atoms with Crippen LogP contribution < -0.4 is 0 Å². The number of aromatic nitrogens is 2. The van der Waals surface area contributed by atoms with Crippen LogP contribution in [0.15, 0.2) is 36.7 Å². The second-order valence-electron chi connectivity index (χ2n) is 6.56. The van der Waals surface area contributed by atoms with Gasteiger partial charge in [-0.05, 0) is 37.3 Å². The fourth-order valence-corrected chi connectivity index (χ4v) is 4.48. The van der Waals surface area contributed by atoms with E-state index in [0.29, 0.717) is 11.7 Å². The van der Waals surface area contributed by atoms with Gasteiger partial charge in [0.2, 0.25) is 5.91 Å². The summed E-state index contributed by atoms with van der Waals surface area (Å²) in [6.45, 7) is 4.70. The van der Waals surface area contributed by atoms with E-state index in [1.54, 1.807) is 11.8 Å². The molecule has 0 bridgehead atoms. The van der Waals surface area contributed by atoms with Crippen LogP contribution in [0.1, 0.15) is 24.2 Å². The van der Waals surface area contributed by atoms with Gasteiger partial charge in [0.1, 0.15) is 5.82 Å². The van der Waals surface area contributed by atoms with Gasteiger partial charge in [-0.3, -0.25) is 4.79 Å². The number of hydrogen-bond acceptors (Lipinski definition) is 3. The number of nitrogens with zero attached hydrogens (tertiary/aromatic N) is 3. The van der Waals surface area contributed by atoms with Crippen molar-refractivity contribution >= 4 is 29.3 Å². The smallest absolute Gasteiger partial charge is 0.232 e. The van der Waals surface area contributed by atoms with E-state index in [1.807, 2.05) is 48.5 Å². The van der Waals surface area contributed by atoms with Gasteiger partial charge in [0.05, 0.1) is 5.75 Å². The van der Waals surface area contributed by atoms with Gasteiger partial charge in [0, 0.05) is 42.8 Å². The molecule has 1 saturated heterocycles. The Morgan fingerprint density at radius 1 is 1.40 bits per heavy atom. The van der Waals surface area contributed by atoms with E-state index >= 15 is 0 Å². The van der Waals surface area contributed by atoms with Crippen LogP contribution in [0, 0.1) is 12.8 Å². The molecule has 3 rings (SSSR count). The van der Waals surface area contributed by atoms with Crippen molar-refractivity contribution in [2.45, 2.75) is 32.1 Å². The molecule has 0 radical (unpaired) electrons. The number of hydrogen-bond donors (Lipinski definition) is 0. The summed E-state index contributed by atoms with van der Waals surface area (Å²) in [5, 5.41) is 0.774. The third kappa shape index (κ3) is 5.02. The normalized spacial score (nSPS) is 17.7. The Kier molecular flexibility index (Phi) is 6.43. The average Bonchev–Trinajstić information content (AvgIpc) is 3.01. The van der Waals surface area contributed by atoms with Gasteiger partial charge in [0.25, 0.3) is 0 Å². The van der Waals surface area contributed by atoms with Gasteiger partial charge in [0.15, 0.2) is 0 Å². The van der Waals surface area contributed by atoms with Crippen molar-refractivity contribution in [2.24, 2.45) is 5.92 Å². The molecule has 2 aromatic rings. The van der Waals surface area contributed by atoms with Gasteiger partial charge >= 0.3 is 0 Å². The minimum atomic E-state index is 0.240. The maximum absolute atomic E-state index is 12.5. The fourth-order valence-electron chi connectivity index (χ4n) is 3.27. The number of carbonyl (C=O) groups is 1. The summed E-state index contributed by atoms with van der Waals surface area (Å²) >= 11 is 7.81.